The van der Waals surface area contributed by atoms with Crippen LogP contribution in [0.2, 0.25) is 5.02 Å². The predicted octanol–water partition coefficient (Wildman–Crippen LogP) is 3.74. The van der Waals surface area contributed by atoms with Crippen LogP contribution in [0.25, 0.3) is 0 Å². The van der Waals surface area contributed by atoms with Crippen molar-refractivity contribution in [3.05, 3.63) is 53.6 Å². The monoisotopic (exact) mass is 405 g/mol. The molecule has 7 nitrogen and oxygen atoms in total. The van der Waals surface area contributed by atoms with Crippen LogP contribution in [0.4, 0.5) is 5.69 Å². The van der Waals surface area contributed by atoms with Gasteiger partial charge in [-0.15, -0.1) is 10.2 Å². The maximum Gasteiger partial charge on any atom is 0.234 e. The average molecular weight is 406 g/mol. The fourth-order valence-electron chi connectivity index (χ4n) is 2.53. The molecule has 1 amide bonds. The van der Waals surface area contributed by atoms with Gasteiger partial charge >= 0.3 is 0 Å². The Bertz CT molecular complexity index is 911. The van der Waals surface area contributed by atoms with Gasteiger partial charge < -0.3 is 10.1 Å². The van der Waals surface area contributed by atoms with Gasteiger partial charge in [-0.1, -0.05) is 30.3 Å². The molecule has 1 aromatic carbocycles. The first-order chi connectivity index (χ1) is 13.1. The van der Waals surface area contributed by atoms with Crippen molar-refractivity contribution in [1.29, 1.82) is 0 Å². The van der Waals surface area contributed by atoms with Crippen molar-refractivity contribution in [2.75, 3.05) is 18.2 Å². The second-order valence-corrected chi connectivity index (χ2v) is 7.06. The number of carbonyl (C=O) groups is 1. The van der Waals surface area contributed by atoms with Crippen molar-refractivity contribution in [3.63, 3.8) is 0 Å². The highest BCUT2D eigenvalue weighted by Gasteiger charge is 2.15. The SMILES string of the molecule is CCCc1nnc(SCC(=O)Nc2ccc(OC)c(Cl)c2)n1-n1cccc1. The third-order valence-corrected chi connectivity index (χ3v) is 4.95. The standard InChI is InChI=1S/C18H20ClN5O2S/c1-3-6-16-21-22-18(24(16)23-9-4-5-10-23)27-12-17(25)20-13-7-8-15(26-2)14(19)11-13/h4-5,7-11H,3,6,12H2,1-2H3,(H,20,25). The quantitative estimate of drug-likeness (QED) is 0.578. The van der Waals surface area contributed by atoms with Crippen molar-refractivity contribution >= 4 is 35.0 Å². The Balaban J connectivity index is 1.68. The van der Waals surface area contributed by atoms with Gasteiger partial charge in [0.2, 0.25) is 11.1 Å². The highest BCUT2D eigenvalue weighted by atomic mass is 35.5. The van der Waals surface area contributed by atoms with E-state index in [1.165, 1.54) is 11.8 Å². The fourth-order valence-corrected chi connectivity index (χ4v) is 3.54. The van der Waals surface area contributed by atoms with Crippen LogP contribution in [0.15, 0.2) is 47.9 Å². The Kier molecular flexibility index (Phi) is 6.41. The lowest BCUT2D eigenvalue weighted by Gasteiger charge is -2.11. The minimum absolute atomic E-state index is 0.152. The van der Waals surface area contributed by atoms with Crippen LogP contribution < -0.4 is 10.1 Å². The number of thioether (sulfide) groups is 1. The Morgan fingerprint density at radius 3 is 2.74 bits per heavy atom. The van der Waals surface area contributed by atoms with Crippen LogP contribution in [0.1, 0.15) is 19.2 Å². The largest absolute Gasteiger partial charge is 0.495 e. The number of halogens is 1. The molecule has 0 saturated carbocycles. The Morgan fingerprint density at radius 1 is 1.30 bits per heavy atom. The second-order valence-electron chi connectivity index (χ2n) is 5.71. The van der Waals surface area contributed by atoms with Gasteiger partial charge in [-0.3, -0.25) is 9.47 Å². The summed E-state index contributed by atoms with van der Waals surface area (Å²) < 4.78 is 8.95. The normalized spacial score (nSPS) is 10.8. The van der Waals surface area contributed by atoms with Crippen molar-refractivity contribution in [2.45, 2.75) is 24.9 Å². The molecule has 1 N–H and O–H groups in total. The summed E-state index contributed by atoms with van der Waals surface area (Å²) in [6, 6.07) is 8.99. The smallest absolute Gasteiger partial charge is 0.234 e. The van der Waals surface area contributed by atoms with Crippen molar-refractivity contribution in [2.24, 2.45) is 0 Å². The van der Waals surface area contributed by atoms with E-state index in [1.54, 1.807) is 25.3 Å². The molecule has 0 aliphatic heterocycles. The number of methoxy groups -OCH3 is 1. The molecule has 9 heteroatoms. The van der Waals surface area contributed by atoms with Crippen LogP contribution >= 0.6 is 23.4 Å². The number of benzene rings is 1. The van der Waals surface area contributed by atoms with E-state index in [-0.39, 0.29) is 11.7 Å². The highest BCUT2D eigenvalue weighted by Crippen LogP contribution is 2.27. The first kappa shape index (κ1) is 19.3. The van der Waals surface area contributed by atoms with E-state index >= 15 is 0 Å². The molecule has 0 spiro atoms. The zero-order valence-electron chi connectivity index (χ0n) is 15.1. The van der Waals surface area contributed by atoms with Crippen molar-refractivity contribution in [3.8, 4) is 5.75 Å². The number of nitrogens with zero attached hydrogens (tertiary/aromatic N) is 4. The summed E-state index contributed by atoms with van der Waals surface area (Å²) in [4.78, 5) is 12.3. The molecule has 3 aromatic rings. The van der Waals surface area contributed by atoms with E-state index in [4.69, 9.17) is 16.3 Å². The lowest BCUT2D eigenvalue weighted by Crippen LogP contribution is -2.16. The van der Waals surface area contributed by atoms with Crippen LogP contribution in [0.3, 0.4) is 0 Å². The van der Waals surface area contributed by atoms with Gasteiger partial charge in [0, 0.05) is 24.5 Å². The molecule has 0 atom stereocenters. The predicted molar refractivity (Wildman–Crippen MR) is 107 cm³/mol. The zero-order chi connectivity index (χ0) is 19.2. The van der Waals surface area contributed by atoms with Gasteiger partial charge in [0.1, 0.15) is 5.75 Å². The number of hydrogen-bond acceptors (Lipinski definition) is 5. The molecule has 0 aliphatic carbocycles. The first-order valence-electron chi connectivity index (χ1n) is 8.46. The summed E-state index contributed by atoms with van der Waals surface area (Å²) in [5.74, 6) is 1.47. The number of aromatic nitrogens is 4. The lowest BCUT2D eigenvalue weighted by molar-refractivity contribution is -0.113. The topological polar surface area (TPSA) is 74.0 Å². The van der Waals surface area contributed by atoms with E-state index in [9.17, 15) is 4.79 Å². The van der Waals surface area contributed by atoms with Crippen molar-refractivity contribution in [1.82, 2.24) is 19.5 Å². The third-order valence-electron chi connectivity index (χ3n) is 3.74. The van der Waals surface area contributed by atoms with Crippen LogP contribution in [0.5, 0.6) is 5.75 Å². The molecule has 0 unspecified atom stereocenters. The number of hydrogen-bond donors (Lipinski definition) is 1. The Morgan fingerprint density at radius 2 is 2.07 bits per heavy atom. The average Bonchev–Trinajstić information content (AvgIpc) is 3.30. The summed E-state index contributed by atoms with van der Waals surface area (Å²) in [6.07, 6.45) is 5.61. The number of ether oxygens (including phenoxy) is 1. The third kappa shape index (κ3) is 4.64. The van der Waals surface area contributed by atoms with E-state index in [1.807, 2.05) is 33.9 Å². The molecule has 27 heavy (non-hydrogen) atoms. The maximum absolute atomic E-state index is 12.3. The van der Waals surface area contributed by atoms with Gasteiger partial charge in [-0.2, -0.15) is 0 Å². The summed E-state index contributed by atoms with van der Waals surface area (Å²) in [5, 5.41) is 12.4. The maximum atomic E-state index is 12.3. The summed E-state index contributed by atoms with van der Waals surface area (Å²) in [7, 11) is 1.55. The van der Waals surface area contributed by atoms with Crippen LogP contribution in [-0.4, -0.2) is 38.3 Å². The Labute approximate surface area is 166 Å². The molecular weight excluding hydrogens is 386 g/mol. The zero-order valence-corrected chi connectivity index (χ0v) is 16.6. The van der Waals surface area contributed by atoms with Gasteiger partial charge in [0.25, 0.3) is 0 Å². The molecule has 0 radical (unpaired) electrons. The van der Waals surface area contributed by atoms with Gasteiger partial charge in [-0.25, -0.2) is 4.68 Å². The molecule has 0 saturated heterocycles. The Hall–Kier alpha value is -2.45. The highest BCUT2D eigenvalue weighted by molar-refractivity contribution is 7.99. The minimum atomic E-state index is -0.152. The lowest BCUT2D eigenvalue weighted by atomic mass is 10.3. The van der Waals surface area contributed by atoms with Gasteiger partial charge in [-0.05, 0) is 36.8 Å². The van der Waals surface area contributed by atoms with Gasteiger partial charge in [0.15, 0.2) is 5.82 Å². The van der Waals surface area contributed by atoms with Crippen LogP contribution in [-0.2, 0) is 11.2 Å². The van der Waals surface area contributed by atoms with E-state index < -0.39 is 0 Å². The minimum Gasteiger partial charge on any atom is -0.495 e. The molecule has 142 valence electrons. The van der Waals surface area contributed by atoms with E-state index in [2.05, 4.69) is 22.4 Å². The molecular formula is C18H20ClN5O2S. The fraction of sp³-hybridized carbons (Fsp3) is 0.278. The second kappa shape index (κ2) is 8.96. The summed E-state index contributed by atoms with van der Waals surface area (Å²) >= 11 is 7.42. The van der Waals surface area contributed by atoms with Gasteiger partial charge in [0.05, 0.1) is 17.9 Å². The molecule has 0 bridgehead atoms. The summed E-state index contributed by atoms with van der Waals surface area (Å²) in [6.45, 7) is 2.09. The van der Waals surface area contributed by atoms with Crippen molar-refractivity contribution < 1.29 is 9.53 Å². The molecule has 2 heterocycles. The summed E-state index contributed by atoms with van der Waals surface area (Å²) in [5.41, 5.74) is 0.616. The number of amides is 1. The molecule has 0 aliphatic rings. The van der Waals surface area contributed by atoms with Crippen LogP contribution in [0, 0.1) is 0 Å². The van der Waals surface area contributed by atoms with E-state index in [0.717, 1.165) is 18.7 Å². The number of anilines is 1. The van der Waals surface area contributed by atoms with E-state index in [0.29, 0.717) is 21.6 Å². The number of rotatable bonds is 8. The molecule has 0 fully saturated rings. The number of carbonyl (C=O) groups excluding carboxylic acids is 1. The molecule has 3 rings (SSSR count). The number of nitrogens with one attached hydrogen (secondary N) is 1. The number of aryl methyl sites for hydroxylation is 1. The first-order valence-corrected chi connectivity index (χ1v) is 9.82. The molecule has 2 aromatic heterocycles.